The maximum Gasteiger partial charge on any atom is 0.263 e. The minimum Gasteiger partial charge on any atom is -0.370 e. The Kier molecular flexibility index (Phi) is 7.33. The fourth-order valence-electron chi connectivity index (χ4n) is 4.21. The number of amides is 2. The van der Waals surface area contributed by atoms with Crippen molar-refractivity contribution < 1.29 is 14.3 Å². The van der Waals surface area contributed by atoms with E-state index in [0.29, 0.717) is 30.0 Å². The molecule has 34 heavy (non-hydrogen) atoms. The highest BCUT2D eigenvalue weighted by atomic mass is 32.1. The molecule has 2 N–H and O–H groups in total. The molecule has 2 amide bonds. The fraction of sp³-hybridized carbons (Fsp3) is 0.444. The third kappa shape index (κ3) is 5.65. The van der Waals surface area contributed by atoms with Gasteiger partial charge in [-0.25, -0.2) is 4.98 Å². The Morgan fingerprint density at radius 3 is 2.74 bits per heavy atom. The molecular weight excluding hydrogens is 446 g/mol. The monoisotopic (exact) mass is 479 g/mol. The van der Waals surface area contributed by atoms with Gasteiger partial charge in [-0.2, -0.15) is 0 Å². The Bertz CT molecular complexity index is 1190. The van der Waals surface area contributed by atoms with E-state index in [1.807, 2.05) is 38.1 Å². The first-order valence-electron chi connectivity index (χ1n) is 12.0. The van der Waals surface area contributed by atoms with Crippen LogP contribution in [0.1, 0.15) is 73.4 Å². The van der Waals surface area contributed by atoms with Crippen molar-refractivity contribution in [1.82, 2.24) is 10.3 Å². The summed E-state index contributed by atoms with van der Waals surface area (Å²) in [7, 11) is 0. The Morgan fingerprint density at radius 1 is 1.24 bits per heavy atom. The van der Waals surface area contributed by atoms with E-state index in [9.17, 15) is 9.59 Å². The highest BCUT2D eigenvalue weighted by Crippen LogP contribution is 2.38. The zero-order chi connectivity index (χ0) is 24.3. The largest absolute Gasteiger partial charge is 0.370 e. The summed E-state index contributed by atoms with van der Waals surface area (Å²) in [4.78, 5) is 32.0. The zero-order valence-corrected chi connectivity index (χ0v) is 21.2. The van der Waals surface area contributed by atoms with E-state index < -0.39 is 0 Å². The molecule has 7 heteroatoms. The Labute approximate surface area is 205 Å². The second-order valence-electron chi connectivity index (χ2n) is 9.68. The number of aromatic nitrogens is 1. The SMILES string of the molecule is CCCC(=O)Nc1c(C(=O)N[C@@H](C)CCc2ccccc2)sc2nc3c(cc12)COC(C)(C)C3. The molecule has 2 aromatic heterocycles. The number of hydrogen-bond acceptors (Lipinski definition) is 5. The lowest BCUT2D eigenvalue weighted by Gasteiger charge is -2.31. The van der Waals surface area contributed by atoms with E-state index in [2.05, 4.69) is 36.6 Å². The van der Waals surface area contributed by atoms with Crippen molar-refractivity contribution >= 4 is 39.1 Å². The quantitative estimate of drug-likeness (QED) is 0.438. The summed E-state index contributed by atoms with van der Waals surface area (Å²) in [6.07, 6.45) is 3.58. The molecule has 1 aliphatic heterocycles. The molecule has 3 aromatic rings. The molecule has 1 aliphatic rings. The van der Waals surface area contributed by atoms with Crippen molar-refractivity contribution in [2.24, 2.45) is 0 Å². The van der Waals surface area contributed by atoms with Crippen molar-refractivity contribution in [3.8, 4) is 0 Å². The Hall–Kier alpha value is -2.77. The van der Waals surface area contributed by atoms with E-state index in [4.69, 9.17) is 9.72 Å². The van der Waals surface area contributed by atoms with Crippen molar-refractivity contribution in [1.29, 1.82) is 0 Å². The van der Waals surface area contributed by atoms with Gasteiger partial charge < -0.3 is 15.4 Å². The number of carbonyl (C=O) groups excluding carboxylic acids is 2. The highest BCUT2D eigenvalue weighted by molar-refractivity contribution is 7.21. The summed E-state index contributed by atoms with van der Waals surface area (Å²) in [5.41, 5.74) is 3.56. The molecule has 1 atom stereocenters. The molecule has 3 heterocycles. The number of fused-ring (bicyclic) bond motifs is 2. The molecule has 0 spiro atoms. The van der Waals surface area contributed by atoms with Gasteiger partial charge in [-0.15, -0.1) is 11.3 Å². The highest BCUT2D eigenvalue weighted by Gasteiger charge is 2.29. The van der Waals surface area contributed by atoms with Crippen molar-refractivity contribution in [2.45, 2.75) is 78.0 Å². The van der Waals surface area contributed by atoms with Crippen LogP contribution < -0.4 is 10.6 Å². The normalized spacial score (nSPS) is 15.5. The van der Waals surface area contributed by atoms with Gasteiger partial charge in [0.2, 0.25) is 5.91 Å². The molecular formula is C27H33N3O3S. The number of ether oxygens (including phenoxy) is 1. The van der Waals surface area contributed by atoms with Gasteiger partial charge in [0.05, 0.1) is 23.6 Å². The molecule has 0 saturated heterocycles. The second-order valence-corrected chi connectivity index (χ2v) is 10.7. The summed E-state index contributed by atoms with van der Waals surface area (Å²) >= 11 is 1.34. The molecule has 6 nitrogen and oxygen atoms in total. The molecule has 180 valence electrons. The molecule has 0 aliphatic carbocycles. The van der Waals surface area contributed by atoms with Crippen molar-refractivity contribution in [3.05, 3.63) is 58.1 Å². The maximum absolute atomic E-state index is 13.3. The minimum atomic E-state index is -0.266. The number of aryl methyl sites for hydroxylation is 1. The standard InChI is InChI=1S/C27H33N3O3S/c1-5-9-22(31)30-23-20-14-19-16-33-27(3,4)15-21(19)29-26(20)34-24(23)25(32)28-17(2)12-13-18-10-7-6-8-11-18/h6-8,10-11,14,17H,5,9,12-13,15-16H2,1-4H3,(H,28,32)(H,30,31)/t17-/m0/s1. The lowest BCUT2D eigenvalue weighted by Crippen LogP contribution is -2.33. The van der Waals surface area contributed by atoms with Gasteiger partial charge in [0, 0.05) is 29.8 Å². The van der Waals surface area contributed by atoms with Crippen LogP contribution in [-0.2, 0) is 29.0 Å². The lowest BCUT2D eigenvalue weighted by atomic mass is 9.95. The van der Waals surface area contributed by atoms with Crippen LogP contribution in [0, 0.1) is 0 Å². The van der Waals surface area contributed by atoms with Crippen LogP contribution in [0.2, 0.25) is 0 Å². The van der Waals surface area contributed by atoms with Gasteiger partial charge in [0.15, 0.2) is 0 Å². The van der Waals surface area contributed by atoms with Crippen LogP contribution in [-0.4, -0.2) is 28.4 Å². The number of pyridine rings is 1. The number of rotatable bonds is 8. The summed E-state index contributed by atoms with van der Waals surface area (Å²) < 4.78 is 5.97. The molecule has 0 saturated carbocycles. The second kappa shape index (κ2) is 10.2. The first-order chi connectivity index (χ1) is 16.3. The fourth-order valence-corrected chi connectivity index (χ4v) is 5.24. The predicted molar refractivity (Wildman–Crippen MR) is 137 cm³/mol. The van der Waals surface area contributed by atoms with Crippen LogP contribution in [0.5, 0.6) is 0 Å². The molecule has 4 rings (SSSR count). The van der Waals surface area contributed by atoms with E-state index >= 15 is 0 Å². The molecule has 1 aromatic carbocycles. The average Bonchev–Trinajstić information content (AvgIpc) is 3.13. The van der Waals surface area contributed by atoms with Gasteiger partial charge in [-0.3, -0.25) is 9.59 Å². The van der Waals surface area contributed by atoms with Crippen LogP contribution in [0.4, 0.5) is 5.69 Å². The minimum absolute atomic E-state index is 0.00697. The van der Waals surface area contributed by atoms with Gasteiger partial charge >= 0.3 is 0 Å². The van der Waals surface area contributed by atoms with Crippen LogP contribution in [0.25, 0.3) is 10.2 Å². The van der Waals surface area contributed by atoms with E-state index in [1.165, 1.54) is 16.9 Å². The Balaban J connectivity index is 1.60. The van der Waals surface area contributed by atoms with Crippen LogP contribution >= 0.6 is 11.3 Å². The summed E-state index contributed by atoms with van der Waals surface area (Å²) in [5.74, 6) is -0.270. The first-order valence-corrected chi connectivity index (χ1v) is 12.8. The van der Waals surface area contributed by atoms with Gasteiger partial charge in [0.1, 0.15) is 9.71 Å². The lowest BCUT2D eigenvalue weighted by molar-refractivity contribution is -0.116. The summed E-state index contributed by atoms with van der Waals surface area (Å²) in [6.45, 7) is 8.57. The van der Waals surface area contributed by atoms with Crippen molar-refractivity contribution in [2.75, 3.05) is 5.32 Å². The molecule has 0 fully saturated rings. The van der Waals surface area contributed by atoms with Gasteiger partial charge in [0.25, 0.3) is 5.91 Å². The third-order valence-corrected chi connectivity index (χ3v) is 7.20. The van der Waals surface area contributed by atoms with Crippen LogP contribution in [0.3, 0.4) is 0 Å². The Morgan fingerprint density at radius 2 is 2.00 bits per heavy atom. The summed E-state index contributed by atoms with van der Waals surface area (Å²) in [6, 6.07) is 12.3. The number of benzene rings is 1. The topological polar surface area (TPSA) is 80.3 Å². The third-order valence-electron chi connectivity index (χ3n) is 6.10. The zero-order valence-electron chi connectivity index (χ0n) is 20.4. The number of carbonyl (C=O) groups is 2. The average molecular weight is 480 g/mol. The van der Waals surface area contributed by atoms with Crippen LogP contribution in [0.15, 0.2) is 36.4 Å². The number of anilines is 1. The van der Waals surface area contributed by atoms with Crippen molar-refractivity contribution in [3.63, 3.8) is 0 Å². The van der Waals surface area contributed by atoms with E-state index in [1.54, 1.807) is 0 Å². The van der Waals surface area contributed by atoms with E-state index in [0.717, 1.165) is 40.7 Å². The van der Waals surface area contributed by atoms with E-state index in [-0.39, 0.29) is 23.5 Å². The number of nitrogens with one attached hydrogen (secondary N) is 2. The number of nitrogens with zero attached hydrogens (tertiary/aromatic N) is 1. The first kappa shape index (κ1) is 24.4. The van der Waals surface area contributed by atoms with Gasteiger partial charge in [-0.1, -0.05) is 37.3 Å². The molecule has 0 bridgehead atoms. The maximum atomic E-state index is 13.3. The molecule has 0 unspecified atom stereocenters. The smallest absolute Gasteiger partial charge is 0.263 e. The summed E-state index contributed by atoms with van der Waals surface area (Å²) in [5, 5.41) is 6.93. The molecule has 0 radical (unpaired) electrons. The number of hydrogen-bond donors (Lipinski definition) is 2. The predicted octanol–water partition coefficient (Wildman–Crippen LogP) is 5.64. The van der Waals surface area contributed by atoms with Gasteiger partial charge in [-0.05, 0) is 51.7 Å². The number of thiophene rings is 1.